The molecule has 2 aromatic heterocycles. The highest BCUT2D eigenvalue weighted by molar-refractivity contribution is 7.99. The van der Waals surface area contributed by atoms with Crippen LogP contribution in [0, 0.1) is 5.82 Å². The fourth-order valence-electron chi connectivity index (χ4n) is 3.79. The maximum absolute atomic E-state index is 13.5. The zero-order valence-corrected chi connectivity index (χ0v) is 18.7. The lowest BCUT2D eigenvalue weighted by Crippen LogP contribution is -2.29. The smallest absolute Gasteiger partial charge is 0.378 e. The van der Waals surface area contributed by atoms with E-state index in [2.05, 4.69) is 15.6 Å². The van der Waals surface area contributed by atoms with Gasteiger partial charge < -0.3 is 10.6 Å². The van der Waals surface area contributed by atoms with E-state index in [4.69, 9.17) is 5.10 Å². The molecule has 0 saturated carbocycles. The number of aromatic nitrogens is 3. The number of nitrogens with one attached hydrogen (secondary N) is 2. The van der Waals surface area contributed by atoms with Crippen LogP contribution in [0.15, 0.2) is 35.5 Å². The molecule has 32 heavy (non-hydrogen) atoms. The number of rotatable bonds is 6. The molecule has 1 fully saturated rings. The predicted octanol–water partition coefficient (Wildman–Crippen LogP) is 5.47. The van der Waals surface area contributed by atoms with Gasteiger partial charge >= 0.3 is 6.18 Å². The lowest BCUT2D eigenvalue weighted by atomic mass is 10.1. The molecule has 10 heteroatoms. The summed E-state index contributed by atoms with van der Waals surface area (Å²) in [5, 5.41) is 12.4. The summed E-state index contributed by atoms with van der Waals surface area (Å²) < 4.78 is 55.4. The molecule has 1 saturated heterocycles. The third-order valence-electron chi connectivity index (χ3n) is 5.48. The van der Waals surface area contributed by atoms with E-state index in [0.29, 0.717) is 22.7 Å². The molecule has 0 atom stereocenters. The minimum atomic E-state index is -4.64. The topological polar surface area (TPSA) is 54.2 Å². The molecule has 0 bridgehead atoms. The van der Waals surface area contributed by atoms with Crippen molar-refractivity contribution in [3.63, 3.8) is 0 Å². The number of halogens is 4. The van der Waals surface area contributed by atoms with Gasteiger partial charge in [-0.1, -0.05) is 19.9 Å². The molecule has 1 aromatic carbocycles. The summed E-state index contributed by atoms with van der Waals surface area (Å²) in [4.78, 5) is 4.46. The molecule has 2 N–H and O–H groups in total. The Morgan fingerprint density at radius 2 is 1.97 bits per heavy atom. The van der Waals surface area contributed by atoms with Gasteiger partial charge in [-0.3, -0.25) is 0 Å². The Hall–Kier alpha value is -2.33. The minimum Gasteiger partial charge on any atom is -0.378 e. The van der Waals surface area contributed by atoms with Crippen molar-refractivity contribution in [2.24, 2.45) is 0 Å². The Labute approximate surface area is 188 Å². The molecule has 0 aliphatic carbocycles. The monoisotopic (exact) mass is 467 g/mol. The van der Waals surface area contributed by atoms with Gasteiger partial charge in [0.2, 0.25) is 0 Å². The van der Waals surface area contributed by atoms with Gasteiger partial charge in [-0.2, -0.15) is 18.3 Å². The van der Waals surface area contributed by atoms with Crippen LogP contribution in [0.3, 0.4) is 0 Å². The quantitative estimate of drug-likeness (QED) is 0.471. The Balaban J connectivity index is 1.67. The number of anilines is 1. The minimum absolute atomic E-state index is 0.0305. The Morgan fingerprint density at radius 1 is 1.22 bits per heavy atom. The van der Waals surface area contributed by atoms with E-state index >= 15 is 0 Å². The van der Waals surface area contributed by atoms with Crippen molar-refractivity contribution in [3.05, 3.63) is 53.1 Å². The van der Waals surface area contributed by atoms with Gasteiger partial charge in [0, 0.05) is 11.8 Å². The molecule has 0 amide bonds. The van der Waals surface area contributed by atoms with E-state index in [1.807, 2.05) is 19.9 Å². The molecule has 1 aliphatic heterocycles. The van der Waals surface area contributed by atoms with Crippen molar-refractivity contribution >= 4 is 23.1 Å². The molecule has 0 unspecified atom stereocenters. The van der Waals surface area contributed by atoms with Crippen LogP contribution in [0.5, 0.6) is 0 Å². The highest BCUT2D eigenvalue weighted by Gasteiger charge is 2.33. The van der Waals surface area contributed by atoms with E-state index in [1.165, 1.54) is 6.07 Å². The third kappa shape index (κ3) is 5.01. The van der Waals surface area contributed by atoms with Gasteiger partial charge in [-0.15, -0.1) is 11.8 Å². The van der Waals surface area contributed by atoms with E-state index in [0.717, 1.165) is 42.7 Å². The average molecular weight is 468 g/mol. The third-order valence-corrected chi connectivity index (χ3v) is 6.73. The van der Waals surface area contributed by atoms with E-state index in [-0.39, 0.29) is 18.0 Å². The second-order valence-electron chi connectivity index (χ2n) is 8.19. The van der Waals surface area contributed by atoms with Gasteiger partial charge in [-0.05, 0) is 55.6 Å². The molecule has 0 radical (unpaired) electrons. The molecule has 3 heterocycles. The first-order chi connectivity index (χ1) is 15.2. The molecule has 172 valence electrons. The summed E-state index contributed by atoms with van der Waals surface area (Å²) in [5.74, 6) is -0.735. The van der Waals surface area contributed by atoms with Gasteiger partial charge in [0.1, 0.15) is 10.8 Å². The molecule has 5 nitrogen and oxygen atoms in total. The van der Waals surface area contributed by atoms with Crippen LogP contribution >= 0.6 is 11.8 Å². The first-order valence-corrected chi connectivity index (χ1v) is 11.5. The van der Waals surface area contributed by atoms with Crippen molar-refractivity contribution in [3.8, 4) is 0 Å². The SMILES string of the molecule is CC(C)c1cnc2c(NCc3ccc(F)cc3C(F)(F)F)cc(SC3CCNCC3)nn12. The number of alkyl halides is 3. The standard InChI is InChI=1S/C22H25F4N5S/c1-13(2)19-12-29-21-18(10-20(30-31(19)21)32-16-5-7-27-8-6-16)28-11-14-3-4-15(23)9-17(14)22(24,25)26/h3-4,9-10,12-13,16,27-28H,5-8,11H2,1-2H3. The lowest BCUT2D eigenvalue weighted by Gasteiger charge is -2.22. The van der Waals surface area contributed by atoms with Crippen LogP contribution in [0.25, 0.3) is 5.65 Å². The summed E-state index contributed by atoms with van der Waals surface area (Å²) in [6.45, 7) is 5.88. The molecule has 4 rings (SSSR count). The Morgan fingerprint density at radius 3 is 2.66 bits per heavy atom. The normalized spacial score (nSPS) is 15.6. The summed E-state index contributed by atoms with van der Waals surface area (Å²) in [6, 6.07) is 4.58. The average Bonchev–Trinajstić information content (AvgIpc) is 3.17. The number of fused-ring (bicyclic) bond motifs is 1. The van der Waals surface area contributed by atoms with Gasteiger partial charge in [0.25, 0.3) is 0 Å². The maximum Gasteiger partial charge on any atom is 0.416 e. The van der Waals surface area contributed by atoms with Crippen molar-refractivity contribution in [1.82, 2.24) is 19.9 Å². The van der Waals surface area contributed by atoms with Gasteiger partial charge in [-0.25, -0.2) is 13.9 Å². The highest BCUT2D eigenvalue weighted by atomic mass is 32.2. The molecule has 1 aliphatic rings. The zero-order chi connectivity index (χ0) is 22.9. The summed E-state index contributed by atoms with van der Waals surface area (Å²) in [7, 11) is 0. The maximum atomic E-state index is 13.5. The van der Waals surface area contributed by atoms with Crippen LogP contribution in [0.4, 0.5) is 23.2 Å². The van der Waals surface area contributed by atoms with Crippen LogP contribution in [0.1, 0.15) is 49.4 Å². The molecular weight excluding hydrogens is 442 g/mol. The highest BCUT2D eigenvalue weighted by Crippen LogP contribution is 2.34. The van der Waals surface area contributed by atoms with Crippen molar-refractivity contribution in [2.45, 2.75) is 55.6 Å². The fraction of sp³-hybridized carbons (Fsp3) is 0.455. The fourth-order valence-corrected chi connectivity index (χ4v) is 4.91. The Bertz CT molecular complexity index is 1090. The summed E-state index contributed by atoms with van der Waals surface area (Å²) in [6.07, 6.45) is -0.839. The number of hydrogen-bond donors (Lipinski definition) is 2. The summed E-state index contributed by atoms with van der Waals surface area (Å²) >= 11 is 1.68. The van der Waals surface area contributed by atoms with E-state index < -0.39 is 17.6 Å². The second kappa shape index (κ2) is 9.27. The summed E-state index contributed by atoms with van der Waals surface area (Å²) in [5.41, 5.74) is 1.07. The number of piperidine rings is 1. The predicted molar refractivity (Wildman–Crippen MR) is 118 cm³/mol. The van der Waals surface area contributed by atoms with E-state index in [9.17, 15) is 17.6 Å². The van der Waals surface area contributed by atoms with Crippen LogP contribution < -0.4 is 10.6 Å². The van der Waals surface area contributed by atoms with Crippen molar-refractivity contribution in [2.75, 3.05) is 18.4 Å². The number of imidazole rings is 1. The van der Waals surface area contributed by atoms with Crippen LogP contribution in [-0.2, 0) is 12.7 Å². The molecule has 3 aromatic rings. The van der Waals surface area contributed by atoms with Crippen LogP contribution in [-0.4, -0.2) is 32.9 Å². The molecule has 0 spiro atoms. The van der Waals surface area contributed by atoms with Crippen LogP contribution in [0.2, 0.25) is 0 Å². The van der Waals surface area contributed by atoms with Gasteiger partial charge in [0.15, 0.2) is 5.65 Å². The van der Waals surface area contributed by atoms with Crippen molar-refractivity contribution in [1.29, 1.82) is 0 Å². The second-order valence-corrected chi connectivity index (χ2v) is 9.51. The van der Waals surface area contributed by atoms with Gasteiger partial charge in [0.05, 0.1) is 23.1 Å². The first kappa shape index (κ1) is 22.8. The number of hydrogen-bond acceptors (Lipinski definition) is 5. The molecular formula is C22H25F4N5S. The number of benzene rings is 1. The number of nitrogens with zero attached hydrogens (tertiary/aromatic N) is 3. The zero-order valence-electron chi connectivity index (χ0n) is 17.8. The number of thioether (sulfide) groups is 1. The van der Waals surface area contributed by atoms with E-state index in [1.54, 1.807) is 22.5 Å². The Kier molecular flexibility index (Phi) is 6.62. The van der Waals surface area contributed by atoms with Crippen molar-refractivity contribution < 1.29 is 17.6 Å². The first-order valence-electron chi connectivity index (χ1n) is 10.6. The largest absolute Gasteiger partial charge is 0.416 e. The lowest BCUT2D eigenvalue weighted by molar-refractivity contribution is -0.138.